The van der Waals surface area contributed by atoms with E-state index in [-0.39, 0.29) is 0 Å². The summed E-state index contributed by atoms with van der Waals surface area (Å²) in [5, 5.41) is 8.38. The van der Waals surface area contributed by atoms with Gasteiger partial charge in [-0.1, -0.05) is 57.2 Å². The average Bonchev–Trinajstić information content (AvgIpc) is 2.32. The summed E-state index contributed by atoms with van der Waals surface area (Å²) in [5.41, 5.74) is 0.331. The standard InChI is InChI=1S/C7H6O2.C7H14/c8-7(9)6-4-2-1-3-5-6;1-7-5-3-2-4-6-7/h1-5H,(H,8,9);7H,2-6H2,1H3. The Balaban J connectivity index is 0.000000165. The molecule has 1 aliphatic carbocycles. The minimum absolute atomic E-state index is 0.331. The van der Waals surface area contributed by atoms with Crippen molar-refractivity contribution >= 4 is 5.97 Å². The third-order valence-electron chi connectivity index (χ3n) is 2.91. The monoisotopic (exact) mass is 220 g/mol. The molecule has 1 aromatic carbocycles. The van der Waals surface area contributed by atoms with Gasteiger partial charge in [0.25, 0.3) is 0 Å². The van der Waals surface area contributed by atoms with Gasteiger partial charge in [-0.25, -0.2) is 4.79 Å². The lowest BCUT2D eigenvalue weighted by Gasteiger charge is -2.15. The number of carbonyl (C=O) groups is 1. The minimum Gasteiger partial charge on any atom is -0.478 e. The molecular weight excluding hydrogens is 200 g/mol. The van der Waals surface area contributed by atoms with Crippen LogP contribution in [-0.4, -0.2) is 11.1 Å². The predicted octanol–water partition coefficient (Wildman–Crippen LogP) is 3.97. The van der Waals surface area contributed by atoms with E-state index in [0.29, 0.717) is 5.56 Å². The minimum atomic E-state index is -0.879. The first-order chi connectivity index (χ1) is 7.70. The zero-order valence-electron chi connectivity index (χ0n) is 9.86. The number of benzene rings is 1. The highest BCUT2D eigenvalue weighted by Crippen LogP contribution is 2.22. The van der Waals surface area contributed by atoms with Crippen LogP contribution >= 0.6 is 0 Å². The van der Waals surface area contributed by atoms with Crippen LogP contribution in [0.5, 0.6) is 0 Å². The molecule has 0 aliphatic heterocycles. The second kappa shape index (κ2) is 7.04. The topological polar surface area (TPSA) is 37.3 Å². The van der Waals surface area contributed by atoms with Gasteiger partial charge < -0.3 is 5.11 Å². The molecule has 2 heteroatoms. The normalized spacial score (nSPS) is 16.1. The number of hydrogen-bond donors (Lipinski definition) is 1. The first-order valence-corrected chi connectivity index (χ1v) is 5.98. The fraction of sp³-hybridized carbons (Fsp3) is 0.500. The first-order valence-electron chi connectivity index (χ1n) is 5.98. The summed E-state index contributed by atoms with van der Waals surface area (Å²) in [4.78, 5) is 10.2. The van der Waals surface area contributed by atoms with Gasteiger partial charge in [-0.2, -0.15) is 0 Å². The van der Waals surface area contributed by atoms with Gasteiger partial charge in [-0.05, 0) is 18.1 Å². The molecule has 2 nitrogen and oxygen atoms in total. The molecule has 1 saturated carbocycles. The largest absolute Gasteiger partial charge is 0.478 e. The van der Waals surface area contributed by atoms with Crippen molar-refractivity contribution in [2.45, 2.75) is 39.0 Å². The van der Waals surface area contributed by atoms with E-state index in [1.165, 1.54) is 32.1 Å². The maximum Gasteiger partial charge on any atom is 0.335 e. The van der Waals surface area contributed by atoms with E-state index < -0.39 is 5.97 Å². The van der Waals surface area contributed by atoms with Crippen LogP contribution in [0.4, 0.5) is 0 Å². The smallest absolute Gasteiger partial charge is 0.335 e. The lowest BCUT2D eigenvalue weighted by Crippen LogP contribution is -1.99. The third kappa shape index (κ3) is 4.96. The lowest BCUT2D eigenvalue weighted by atomic mass is 9.91. The summed E-state index contributed by atoms with van der Waals surface area (Å²) in [6.07, 6.45) is 7.44. The van der Waals surface area contributed by atoms with E-state index in [1.54, 1.807) is 30.3 Å². The molecule has 0 heterocycles. The van der Waals surface area contributed by atoms with Gasteiger partial charge in [-0.3, -0.25) is 0 Å². The molecular formula is C14H20O2. The summed E-state index contributed by atoms with van der Waals surface area (Å²) in [6.45, 7) is 2.36. The molecule has 0 bridgehead atoms. The van der Waals surface area contributed by atoms with E-state index in [4.69, 9.17) is 5.11 Å². The molecule has 0 amide bonds. The summed E-state index contributed by atoms with van der Waals surface area (Å²) >= 11 is 0. The highest BCUT2D eigenvalue weighted by molar-refractivity contribution is 5.87. The fourth-order valence-electron chi connectivity index (χ4n) is 1.89. The molecule has 1 aromatic rings. The second-order valence-electron chi connectivity index (χ2n) is 4.41. The highest BCUT2D eigenvalue weighted by Gasteiger charge is 2.05. The zero-order chi connectivity index (χ0) is 11.8. The van der Waals surface area contributed by atoms with Crippen molar-refractivity contribution in [3.05, 3.63) is 35.9 Å². The van der Waals surface area contributed by atoms with Crippen LogP contribution < -0.4 is 0 Å². The van der Waals surface area contributed by atoms with Crippen LogP contribution in [0.25, 0.3) is 0 Å². The van der Waals surface area contributed by atoms with E-state index in [2.05, 4.69) is 6.92 Å². The Hall–Kier alpha value is -1.31. The molecule has 0 spiro atoms. The van der Waals surface area contributed by atoms with Crippen molar-refractivity contribution in [2.24, 2.45) is 5.92 Å². The van der Waals surface area contributed by atoms with Crippen molar-refractivity contribution in [2.75, 3.05) is 0 Å². The molecule has 1 aliphatic rings. The number of rotatable bonds is 1. The highest BCUT2D eigenvalue weighted by atomic mass is 16.4. The molecule has 1 fully saturated rings. The summed E-state index contributed by atoms with van der Waals surface area (Å²) < 4.78 is 0. The van der Waals surface area contributed by atoms with Gasteiger partial charge in [0.05, 0.1) is 5.56 Å². The van der Waals surface area contributed by atoms with Gasteiger partial charge in [0.2, 0.25) is 0 Å². The van der Waals surface area contributed by atoms with Crippen molar-refractivity contribution in [3.63, 3.8) is 0 Å². The Labute approximate surface area is 97.3 Å². The molecule has 0 radical (unpaired) electrons. The van der Waals surface area contributed by atoms with Crippen LogP contribution in [0.2, 0.25) is 0 Å². The molecule has 16 heavy (non-hydrogen) atoms. The lowest BCUT2D eigenvalue weighted by molar-refractivity contribution is 0.0697. The van der Waals surface area contributed by atoms with Gasteiger partial charge in [-0.15, -0.1) is 0 Å². The van der Waals surface area contributed by atoms with Crippen LogP contribution in [0.1, 0.15) is 49.4 Å². The fourth-order valence-corrected chi connectivity index (χ4v) is 1.89. The van der Waals surface area contributed by atoms with Crippen LogP contribution in [0.15, 0.2) is 30.3 Å². The van der Waals surface area contributed by atoms with Gasteiger partial charge in [0.1, 0.15) is 0 Å². The zero-order valence-corrected chi connectivity index (χ0v) is 9.86. The Bertz CT molecular complexity index is 300. The maximum atomic E-state index is 10.2. The molecule has 2 rings (SSSR count). The Kier molecular flexibility index (Phi) is 5.62. The third-order valence-corrected chi connectivity index (χ3v) is 2.91. The van der Waals surface area contributed by atoms with Gasteiger partial charge in [0, 0.05) is 0 Å². The van der Waals surface area contributed by atoms with Gasteiger partial charge >= 0.3 is 5.97 Å². The van der Waals surface area contributed by atoms with Crippen molar-refractivity contribution in [3.8, 4) is 0 Å². The molecule has 0 aromatic heterocycles. The first kappa shape index (κ1) is 12.8. The maximum absolute atomic E-state index is 10.2. The van der Waals surface area contributed by atoms with Crippen molar-refractivity contribution in [1.29, 1.82) is 0 Å². The number of aromatic carboxylic acids is 1. The Morgan fingerprint density at radius 3 is 2.00 bits per heavy atom. The number of carboxylic acids is 1. The number of hydrogen-bond acceptors (Lipinski definition) is 1. The van der Waals surface area contributed by atoms with Crippen LogP contribution in [0, 0.1) is 5.92 Å². The molecule has 0 unspecified atom stereocenters. The average molecular weight is 220 g/mol. The second-order valence-corrected chi connectivity index (χ2v) is 4.41. The molecule has 1 N–H and O–H groups in total. The van der Waals surface area contributed by atoms with E-state index >= 15 is 0 Å². The van der Waals surface area contributed by atoms with E-state index in [9.17, 15) is 4.79 Å². The summed E-state index contributed by atoms with van der Waals surface area (Å²) in [5.74, 6) is 0.157. The molecule has 0 saturated heterocycles. The van der Waals surface area contributed by atoms with Crippen LogP contribution in [-0.2, 0) is 0 Å². The predicted molar refractivity (Wildman–Crippen MR) is 65.7 cm³/mol. The number of carboxylic acid groups (broad SMARTS) is 1. The molecule has 88 valence electrons. The van der Waals surface area contributed by atoms with E-state index in [1.807, 2.05) is 0 Å². The molecule has 0 atom stereocenters. The Morgan fingerprint density at radius 2 is 1.69 bits per heavy atom. The summed E-state index contributed by atoms with van der Waals surface area (Å²) in [6, 6.07) is 8.30. The summed E-state index contributed by atoms with van der Waals surface area (Å²) in [7, 11) is 0. The Morgan fingerprint density at radius 1 is 1.12 bits per heavy atom. The van der Waals surface area contributed by atoms with Crippen LogP contribution in [0.3, 0.4) is 0 Å². The van der Waals surface area contributed by atoms with E-state index in [0.717, 1.165) is 5.92 Å². The quantitative estimate of drug-likeness (QED) is 0.777. The SMILES string of the molecule is CC1CCCCC1.O=C(O)c1ccccc1. The van der Waals surface area contributed by atoms with Gasteiger partial charge in [0.15, 0.2) is 0 Å². The van der Waals surface area contributed by atoms with Crippen molar-refractivity contribution < 1.29 is 9.90 Å². The van der Waals surface area contributed by atoms with Crippen molar-refractivity contribution in [1.82, 2.24) is 0 Å².